The standard InChI is InChI=1S/C24H27BrCl2N2O3/c1-2-22(24(31)28-19-5-3-4-6-19)29(14-16-7-10-18(26)13-21(16)27)23(30)15-32-20-11-8-17(25)9-12-20/h7-13,19,22H,2-6,14-15H2,1H3,(H,28,31)/t22-/m1/s1. The van der Waals surface area contributed by atoms with Crippen molar-refractivity contribution in [2.45, 2.75) is 57.7 Å². The van der Waals surface area contributed by atoms with E-state index in [-0.39, 0.29) is 31.0 Å². The van der Waals surface area contributed by atoms with Gasteiger partial charge >= 0.3 is 0 Å². The summed E-state index contributed by atoms with van der Waals surface area (Å²) in [4.78, 5) is 27.9. The Morgan fingerprint density at radius 1 is 1.16 bits per heavy atom. The molecule has 0 unspecified atom stereocenters. The molecule has 8 heteroatoms. The third-order valence-corrected chi connectivity index (χ3v) is 6.73. The van der Waals surface area contributed by atoms with Crippen molar-refractivity contribution in [2.75, 3.05) is 6.61 Å². The Morgan fingerprint density at radius 3 is 2.47 bits per heavy atom. The van der Waals surface area contributed by atoms with Crippen LogP contribution in [0.1, 0.15) is 44.6 Å². The Labute approximate surface area is 207 Å². The molecule has 1 atom stereocenters. The minimum absolute atomic E-state index is 0.138. The van der Waals surface area contributed by atoms with E-state index in [1.54, 1.807) is 35.2 Å². The number of hydrogen-bond donors (Lipinski definition) is 1. The van der Waals surface area contributed by atoms with Crippen LogP contribution in [0.2, 0.25) is 10.0 Å². The number of nitrogens with zero attached hydrogens (tertiary/aromatic N) is 1. The molecule has 3 rings (SSSR count). The van der Waals surface area contributed by atoms with Gasteiger partial charge in [-0.05, 0) is 61.2 Å². The largest absolute Gasteiger partial charge is 0.484 e. The van der Waals surface area contributed by atoms with E-state index in [1.807, 2.05) is 19.1 Å². The van der Waals surface area contributed by atoms with E-state index in [4.69, 9.17) is 27.9 Å². The molecule has 5 nitrogen and oxygen atoms in total. The van der Waals surface area contributed by atoms with Crippen molar-refractivity contribution in [3.63, 3.8) is 0 Å². The molecule has 1 aliphatic rings. The summed E-state index contributed by atoms with van der Waals surface area (Å²) >= 11 is 15.8. The lowest BCUT2D eigenvalue weighted by molar-refractivity contribution is -0.143. The highest BCUT2D eigenvalue weighted by Gasteiger charge is 2.31. The summed E-state index contributed by atoms with van der Waals surface area (Å²) < 4.78 is 6.62. The van der Waals surface area contributed by atoms with Crippen LogP contribution in [0, 0.1) is 0 Å². The molecular weight excluding hydrogens is 515 g/mol. The van der Waals surface area contributed by atoms with Gasteiger partial charge in [-0.3, -0.25) is 9.59 Å². The van der Waals surface area contributed by atoms with Gasteiger partial charge in [0.15, 0.2) is 6.61 Å². The Balaban J connectivity index is 1.78. The molecule has 2 aromatic rings. The van der Waals surface area contributed by atoms with Gasteiger partial charge in [-0.1, -0.05) is 65.0 Å². The number of benzene rings is 2. The zero-order chi connectivity index (χ0) is 23.1. The maximum Gasteiger partial charge on any atom is 0.261 e. The number of amides is 2. The summed E-state index contributed by atoms with van der Waals surface area (Å²) in [5.74, 6) is 0.156. The Hall–Kier alpha value is -1.76. The average molecular weight is 542 g/mol. The molecule has 172 valence electrons. The SMILES string of the molecule is CC[C@H](C(=O)NC1CCCC1)N(Cc1ccc(Cl)cc1Cl)C(=O)COc1ccc(Br)cc1. The number of carbonyl (C=O) groups excluding carboxylic acids is 2. The molecule has 1 N–H and O–H groups in total. The van der Waals surface area contributed by atoms with E-state index < -0.39 is 6.04 Å². The lowest BCUT2D eigenvalue weighted by Crippen LogP contribution is -2.52. The molecule has 0 radical (unpaired) electrons. The quantitative estimate of drug-likeness (QED) is 0.423. The average Bonchev–Trinajstić information content (AvgIpc) is 3.27. The first kappa shape index (κ1) is 24.9. The maximum atomic E-state index is 13.3. The van der Waals surface area contributed by atoms with Crippen LogP contribution in [0.25, 0.3) is 0 Å². The second kappa shape index (κ2) is 11.9. The van der Waals surface area contributed by atoms with E-state index >= 15 is 0 Å². The number of hydrogen-bond acceptors (Lipinski definition) is 3. The molecule has 0 heterocycles. The van der Waals surface area contributed by atoms with Crippen molar-refractivity contribution >= 4 is 50.9 Å². The van der Waals surface area contributed by atoms with Gasteiger partial charge in [0, 0.05) is 27.1 Å². The Bertz CT molecular complexity index is 933. The third kappa shape index (κ3) is 6.87. The lowest BCUT2D eigenvalue weighted by atomic mass is 10.1. The van der Waals surface area contributed by atoms with Crippen molar-refractivity contribution in [3.8, 4) is 5.75 Å². The molecule has 0 saturated heterocycles. The number of nitrogens with one attached hydrogen (secondary N) is 1. The number of ether oxygens (including phenoxy) is 1. The van der Waals surface area contributed by atoms with Crippen LogP contribution in [0.3, 0.4) is 0 Å². The van der Waals surface area contributed by atoms with E-state index in [2.05, 4.69) is 21.2 Å². The molecule has 2 amide bonds. The van der Waals surface area contributed by atoms with E-state index in [1.165, 1.54) is 0 Å². The van der Waals surface area contributed by atoms with E-state index in [0.717, 1.165) is 35.7 Å². The van der Waals surface area contributed by atoms with Crippen molar-refractivity contribution in [1.29, 1.82) is 0 Å². The smallest absolute Gasteiger partial charge is 0.261 e. The van der Waals surface area contributed by atoms with Gasteiger partial charge in [-0.15, -0.1) is 0 Å². The Kier molecular flexibility index (Phi) is 9.26. The predicted molar refractivity (Wildman–Crippen MR) is 131 cm³/mol. The molecule has 0 aliphatic heterocycles. The van der Waals surface area contributed by atoms with Gasteiger partial charge in [0.1, 0.15) is 11.8 Å². The maximum absolute atomic E-state index is 13.3. The van der Waals surface area contributed by atoms with Crippen LogP contribution in [0.5, 0.6) is 5.75 Å². The first-order chi connectivity index (χ1) is 15.4. The summed E-state index contributed by atoms with van der Waals surface area (Å²) in [6.45, 7) is 1.91. The van der Waals surface area contributed by atoms with Gasteiger partial charge in [0.25, 0.3) is 5.91 Å². The Morgan fingerprint density at radius 2 is 1.84 bits per heavy atom. The molecule has 0 bridgehead atoms. The molecule has 2 aromatic carbocycles. The normalized spacial score (nSPS) is 14.8. The summed E-state index contributed by atoms with van der Waals surface area (Å²) in [6.07, 6.45) is 4.67. The minimum Gasteiger partial charge on any atom is -0.484 e. The summed E-state index contributed by atoms with van der Waals surface area (Å²) in [6, 6.07) is 11.9. The first-order valence-electron chi connectivity index (χ1n) is 10.8. The van der Waals surface area contributed by atoms with Crippen LogP contribution in [-0.2, 0) is 16.1 Å². The van der Waals surface area contributed by atoms with Crippen molar-refractivity contribution in [1.82, 2.24) is 10.2 Å². The van der Waals surface area contributed by atoms with Crippen molar-refractivity contribution < 1.29 is 14.3 Å². The van der Waals surface area contributed by atoms with Gasteiger partial charge in [-0.2, -0.15) is 0 Å². The highest BCUT2D eigenvalue weighted by Crippen LogP contribution is 2.25. The highest BCUT2D eigenvalue weighted by molar-refractivity contribution is 9.10. The van der Waals surface area contributed by atoms with Crippen LogP contribution >= 0.6 is 39.1 Å². The van der Waals surface area contributed by atoms with Gasteiger partial charge in [0.05, 0.1) is 0 Å². The fourth-order valence-corrected chi connectivity index (χ4v) is 4.61. The molecular formula is C24H27BrCl2N2O3. The molecule has 0 spiro atoms. The first-order valence-corrected chi connectivity index (χ1v) is 12.3. The van der Waals surface area contributed by atoms with E-state index in [0.29, 0.717) is 22.2 Å². The fourth-order valence-electron chi connectivity index (χ4n) is 3.88. The molecule has 1 saturated carbocycles. The second-order valence-corrected chi connectivity index (χ2v) is 9.67. The monoisotopic (exact) mass is 540 g/mol. The lowest BCUT2D eigenvalue weighted by Gasteiger charge is -2.31. The zero-order valence-corrected chi connectivity index (χ0v) is 21.0. The van der Waals surface area contributed by atoms with Crippen LogP contribution in [0.15, 0.2) is 46.9 Å². The number of carbonyl (C=O) groups is 2. The highest BCUT2D eigenvalue weighted by atomic mass is 79.9. The van der Waals surface area contributed by atoms with Crippen molar-refractivity contribution in [2.24, 2.45) is 0 Å². The summed E-state index contributed by atoms with van der Waals surface area (Å²) in [7, 11) is 0. The van der Waals surface area contributed by atoms with Crippen LogP contribution < -0.4 is 10.1 Å². The minimum atomic E-state index is -0.622. The van der Waals surface area contributed by atoms with Gasteiger partial charge in [-0.25, -0.2) is 0 Å². The third-order valence-electron chi connectivity index (χ3n) is 5.62. The van der Waals surface area contributed by atoms with Gasteiger partial charge in [0.2, 0.25) is 5.91 Å². The van der Waals surface area contributed by atoms with E-state index in [9.17, 15) is 9.59 Å². The summed E-state index contributed by atoms with van der Waals surface area (Å²) in [5, 5.41) is 4.09. The van der Waals surface area contributed by atoms with Gasteiger partial charge < -0.3 is 15.0 Å². The number of halogens is 3. The zero-order valence-electron chi connectivity index (χ0n) is 18.0. The van der Waals surface area contributed by atoms with Crippen LogP contribution in [0.4, 0.5) is 0 Å². The molecule has 1 fully saturated rings. The molecule has 1 aliphatic carbocycles. The number of rotatable bonds is 9. The summed E-state index contributed by atoms with van der Waals surface area (Å²) in [5.41, 5.74) is 0.722. The molecule has 0 aromatic heterocycles. The fraction of sp³-hybridized carbons (Fsp3) is 0.417. The van der Waals surface area contributed by atoms with Crippen LogP contribution in [-0.4, -0.2) is 35.4 Å². The predicted octanol–water partition coefficient (Wildman–Crippen LogP) is 6.00. The second-order valence-electron chi connectivity index (χ2n) is 7.91. The van der Waals surface area contributed by atoms with Crippen molar-refractivity contribution in [3.05, 3.63) is 62.5 Å². The molecule has 32 heavy (non-hydrogen) atoms. The topological polar surface area (TPSA) is 58.6 Å².